The van der Waals surface area contributed by atoms with Crippen molar-refractivity contribution in [1.82, 2.24) is 4.90 Å². The monoisotopic (exact) mass is 167 g/mol. The van der Waals surface area contributed by atoms with E-state index in [1.807, 2.05) is 0 Å². The summed E-state index contributed by atoms with van der Waals surface area (Å²) in [7, 11) is 0. The number of allylic oxidation sites excluding steroid dienone is 2. The molecule has 0 aromatic rings. The number of rotatable bonds is 6. The largest absolute Gasteiger partial charge is 0.355 e. The first-order chi connectivity index (χ1) is 5.85. The fourth-order valence-electron chi connectivity index (χ4n) is 1.13. The molecule has 0 aliphatic rings. The summed E-state index contributed by atoms with van der Waals surface area (Å²) in [5, 5.41) is 0. The quantitative estimate of drug-likeness (QED) is 0.547. The number of hydrogen-bond acceptors (Lipinski definition) is 1. The van der Waals surface area contributed by atoms with E-state index in [4.69, 9.17) is 0 Å². The van der Waals surface area contributed by atoms with Crippen molar-refractivity contribution in [3.8, 4) is 0 Å². The fraction of sp³-hybridized carbons (Fsp3) is 0.636. The van der Waals surface area contributed by atoms with Gasteiger partial charge in [0.15, 0.2) is 0 Å². The third kappa shape index (κ3) is 6.02. The highest BCUT2D eigenvalue weighted by molar-refractivity contribution is 4.88. The Balaban J connectivity index is 3.63. The lowest BCUT2D eigenvalue weighted by Gasteiger charge is -2.14. The van der Waals surface area contributed by atoms with Crippen molar-refractivity contribution in [3.63, 3.8) is 0 Å². The average molecular weight is 167 g/mol. The van der Waals surface area contributed by atoms with Gasteiger partial charge in [0.25, 0.3) is 0 Å². The Kier molecular flexibility index (Phi) is 7.87. The minimum absolute atomic E-state index is 1.14. The summed E-state index contributed by atoms with van der Waals surface area (Å²) >= 11 is 0. The lowest BCUT2D eigenvalue weighted by atomic mass is 10.2. The van der Waals surface area contributed by atoms with Gasteiger partial charge in [0.1, 0.15) is 0 Å². The van der Waals surface area contributed by atoms with Gasteiger partial charge in [-0.25, -0.2) is 0 Å². The third-order valence-electron chi connectivity index (χ3n) is 1.70. The molecule has 0 unspecified atom stereocenters. The molecule has 0 aromatic carbocycles. The lowest BCUT2D eigenvalue weighted by molar-refractivity contribution is 0.475. The normalized spacial score (nSPS) is 11.6. The van der Waals surface area contributed by atoms with Crippen molar-refractivity contribution in [2.75, 3.05) is 6.54 Å². The van der Waals surface area contributed by atoms with Gasteiger partial charge in [0.2, 0.25) is 0 Å². The molecule has 1 heteroatoms. The molecule has 0 aliphatic heterocycles. The van der Waals surface area contributed by atoms with Gasteiger partial charge >= 0.3 is 0 Å². The molecule has 12 heavy (non-hydrogen) atoms. The molecular formula is C11H21N. The number of hydrogen-bond donors (Lipinski definition) is 0. The van der Waals surface area contributed by atoms with Crippen LogP contribution in [0.1, 0.15) is 40.0 Å². The zero-order valence-corrected chi connectivity index (χ0v) is 8.59. The van der Waals surface area contributed by atoms with Crippen molar-refractivity contribution in [2.45, 2.75) is 40.0 Å². The van der Waals surface area contributed by atoms with Gasteiger partial charge in [0, 0.05) is 6.54 Å². The van der Waals surface area contributed by atoms with Crippen LogP contribution < -0.4 is 0 Å². The van der Waals surface area contributed by atoms with Gasteiger partial charge in [-0.3, -0.25) is 0 Å². The minimum atomic E-state index is 1.14. The Labute approximate surface area is 76.8 Å². The molecule has 0 N–H and O–H groups in total. The second-order valence-electron chi connectivity index (χ2n) is 2.91. The SMILES string of the molecule is CC=CN(/C=C\C)CCCCC. The van der Waals surface area contributed by atoms with E-state index in [1.54, 1.807) is 0 Å². The molecule has 0 aromatic heterocycles. The van der Waals surface area contributed by atoms with Crippen LogP contribution in [0.3, 0.4) is 0 Å². The first-order valence-electron chi connectivity index (χ1n) is 4.86. The van der Waals surface area contributed by atoms with Gasteiger partial charge in [-0.2, -0.15) is 0 Å². The predicted molar refractivity (Wildman–Crippen MR) is 55.9 cm³/mol. The van der Waals surface area contributed by atoms with Gasteiger partial charge in [-0.05, 0) is 32.7 Å². The van der Waals surface area contributed by atoms with Crippen molar-refractivity contribution in [2.24, 2.45) is 0 Å². The lowest BCUT2D eigenvalue weighted by Crippen LogP contribution is -2.10. The van der Waals surface area contributed by atoms with E-state index >= 15 is 0 Å². The standard InChI is InChI=1S/C11H21N/c1-4-7-8-11-12(9-5-2)10-6-3/h5-6,9-10H,4,7-8,11H2,1-3H3/b9-5-,10-6?. The third-order valence-corrected chi connectivity index (χ3v) is 1.70. The molecule has 0 saturated heterocycles. The van der Waals surface area contributed by atoms with Crippen molar-refractivity contribution in [1.29, 1.82) is 0 Å². The van der Waals surface area contributed by atoms with Crippen LogP contribution in [0, 0.1) is 0 Å². The van der Waals surface area contributed by atoms with E-state index < -0.39 is 0 Å². The summed E-state index contributed by atoms with van der Waals surface area (Å²) in [4.78, 5) is 2.23. The summed E-state index contributed by atoms with van der Waals surface area (Å²) in [5.41, 5.74) is 0. The molecule has 0 saturated carbocycles. The molecule has 70 valence electrons. The van der Waals surface area contributed by atoms with E-state index in [9.17, 15) is 0 Å². The Morgan fingerprint density at radius 3 is 2.00 bits per heavy atom. The highest BCUT2D eigenvalue weighted by atomic mass is 15.1. The van der Waals surface area contributed by atoms with Gasteiger partial charge in [-0.15, -0.1) is 0 Å². The number of nitrogens with zero attached hydrogens (tertiary/aromatic N) is 1. The minimum Gasteiger partial charge on any atom is -0.355 e. The summed E-state index contributed by atoms with van der Waals surface area (Å²) in [6.07, 6.45) is 12.3. The van der Waals surface area contributed by atoms with Crippen LogP contribution in [0.15, 0.2) is 24.6 Å². The second kappa shape index (κ2) is 8.38. The van der Waals surface area contributed by atoms with Gasteiger partial charge in [0.05, 0.1) is 0 Å². The van der Waals surface area contributed by atoms with E-state index in [-0.39, 0.29) is 0 Å². The summed E-state index contributed by atoms with van der Waals surface area (Å²) in [6, 6.07) is 0. The first kappa shape index (κ1) is 11.3. The van der Waals surface area contributed by atoms with Crippen LogP contribution in [0.2, 0.25) is 0 Å². The smallest absolute Gasteiger partial charge is 0.0219 e. The molecule has 0 radical (unpaired) electrons. The highest BCUT2D eigenvalue weighted by Gasteiger charge is 1.91. The molecule has 0 atom stereocenters. The van der Waals surface area contributed by atoms with Crippen molar-refractivity contribution in [3.05, 3.63) is 24.6 Å². The average Bonchev–Trinajstić information content (AvgIpc) is 2.06. The molecule has 0 spiro atoms. The van der Waals surface area contributed by atoms with E-state index in [1.165, 1.54) is 19.3 Å². The molecular weight excluding hydrogens is 146 g/mol. The van der Waals surface area contributed by atoms with Crippen LogP contribution in [0.25, 0.3) is 0 Å². The van der Waals surface area contributed by atoms with E-state index in [0.29, 0.717) is 0 Å². The van der Waals surface area contributed by atoms with Crippen LogP contribution in [-0.4, -0.2) is 11.4 Å². The predicted octanol–water partition coefficient (Wildman–Crippen LogP) is 3.55. The van der Waals surface area contributed by atoms with Crippen LogP contribution in [0.5, 0.6) is 0 Å². The Morgan fingerprint density at radius 1 is 1.00 bits per heavy atom. The maximum atomic E-state index is 2.23. The van der Waals surface area contributed by atoms with Crippen LogP contribution in [-0.2, 0) is 0 Å². The van der Waals surface area contributed by atoms with Crippen LogP contribution >= 0.6 is 0 Å². The summed E-state index contributed by atoms with van der Waals surface area (Å²) < 4.78 is 0. The van der Waals surface area contributed by atoms with Crippen molar-refractivity contribution < 1.29 is 0 Å². The maximum Gasteiger partial charge on any atom is 0.0219 e. The topological polar surface area (TPSA) is 3.24 Å². The molecule has 0 amide bonds. The van der Waals surface area contributed by atoms with Crippen LogP contribution in [0.4, 0.5) is 0 Å². The molecule has 0 heterocycles. The Hall–Kier alpha value is -0.720. The zero-order valence-electron chi connectivity index (χ0n) is 8.59. The van der Waals surface area contributed by atoms with Gasteiger partial charge < -0.3 is 4.90 Å². The van der Waals surface area contributed by atoms with E-state index in [0.717, 1.165) is 6.54 Å². The fourth-order valence-corrected chi connectivity index (χ4v) is 1.13. The molecule has 0 aliphatic carbocycles. The molecule has 1 nitrogen and oxygen atoms in total. The Bertz CT molecular complexity index is 124. The molecule has 0 bridgehead atoms. The first-order valence-corrected chi connectivity index (χ1v) is 4.86. The van der Waals surface area contributed by atoms with E-state index in [2.05, 4.69) is 50.2 Å². The van der Waals surface area contributed by atoms with Gasteiger partial charge in [-0.1, -0.05) is 31.9 Å². The van der Waals surface area contributed by atoms with Crippen molar-refractivity contribution >= 4 is 0 Å². The summed E-state index contributed by atoms with van der Waals surface area (Å²) in [6.45, 7) is 7.48. The molecule has 0 rings (SSSR count). The molecule has 0 fully saturated rings. The second-order valence-corrected chi connectivity index (χ2v) is 2.91. The zero-order chi connectivity index (χ0) is 9.23. The number of unbranched alkanes of at least 4 members (excludes halogenated alkanes) is 2. The Morgan fingerprint density at radius 2 is 1.58 bits per heavy atom. The maximum absolute atomic E-state index is 2.23. The summed E-state index contributed by atoms with van der Waals surface area (Å²) in [5.74, 6) is 0. The highest BCUT2D eigenvalue weighted by Crippen LogP contribution is 1.99.